The van der Waals surface area contributed by atoms with E-state index in [0.717, 1.165) is 25.1 Å². The van der Waals surface area contributed by atoms with Crippen LogP contribution in [-0.2, 0) is 6.54 Å². The molecule has 0 aliphatic heterocycles. The first-order valence-electron chi connectivity index (χ1n) is 6.96. The number of urea groups is 1. The largest absolute Gasteiger partial charge is 0.334 e. The number of hydrogen-bond donors (Lipinski definition) is 1. The lowest BCUT2D eigenvalue weighted by Crippen LogP contribution is -2.41. The van der Waals surface area contributed by atoms with Gasteiger partial charge in [-0.2, -0.15) is 0 Å². The highest BCUT2D eigenvalue weighted by atomic mass is 19.1. The molecule has 1 fully saturated rings. The summed E-state index contributed by atoms with van der Waals surface area (Å²) in [4.78, 5) is 13.9. The molecule has 0 radical (unpaired) electrons. The first-order chi connectivity index (χ1) is 9.19. The van der Waals surface area contributed by atoms with Crippen molar-refractivity contribution in [2.24, 2.45) is 5.92 Å². The van der Waals surface area contributed by atoms with Gasteiger partial charge >= 0.3 is 6.03 Å². The summed E-state index contributed by atoms with van der Waals surface area (Å²) in [6.07, 6.45) is 3.43. The second-order valence-electron chi connectivity index (χ2n) is 5.18. The molecule has 1 aromatic carbocycles. The number of benzene rings is 1. The minimum absolute atomic E-state index is 0.0435. The van der Waals surface area contributed by atoms with Crippen LogP contribution in [-0.4, -0.2) is 24.0 Å². The van der Waals surface area contributed by atoms with Crippen LogP contribution in [0.15, 0.2) is 24.3 Å². The molecular formula is C15H21FN2O. The normalized spacial score (nSPS) is 14.2. The van der Waals surface area contributed by atoms with Crippen LogP contribution in [0.25, 0.3) is 0 Å². The minimum atomic E-state index is -0.268. The van der Waals surface area contributed by atoms with Gasteiger partial charge < -0.3 is 10.2 Å². The van der Waals surface area contributed by atoms with Gasteiger partial charge in [0.05, 0.1) is 0 Å². The van der Waals surface area contributed by atoms with Crippen LogP contribution in [0.5, 0.6) is 0 Å². The molecule has 1 saturated carbocycles. The highest BCUT2D eigenvalue weighted by Gasteiger charge is 2.26. The van der Waals surface area contributed by atoms with Crippen LogP contribution >= 0.6 is 0 Å². The second-order valence-corrected chi connectivity index (χ2v) is 5.18. The fourth-order valence-electron chi connectivity index (χ4n) is 2.09. The van der Waals surface area contributed by atoms with Crippen LogP contribution in [0.1, 0.15) is 31.7 Å². The van der Waals surface area contributed by atoms with E-state index in [-0.39, 0.29) is 11.8 Å². The van der Waals surface area contributed by atoms with Gasteiger partial charge in [-0.1, -0.05) is 19.1 Å². The van der Waals surface area contributed by atoms with Crippen LogP contribution in [0, 0.1) is 11.7 Å². The van der Waals surface area contributed by atoms with Gasteiger partial charge in [0, 0.05) is 19.6 Å². The van der Waals surface area contributed by atoms with Gasteiger partial charge in [0.15, 0.2) is 0 Å². The molecule has 0 heterocycles. The summed E-state index contributed by atoms with van der Waals surface area (Å²) in [6.45, 7) is 4.08. The Morgan fingerprint density at radius 3 is 2.89 bits per heavy atom. The smallest absolute Gasteiger partial charge is 0.317 e. The number of nitrogens with one attached hydrogen (secondary N) is 1. The molecule has 1 N–H and O–H groups in total. The van der Waals surface area contributed by atoms with E-state index in [9.17, 15) is 9.18 Å². The zero-order chi connectivity index (χ0) is 13.7. The van der Waals surface area contributed by atoms with Crippen LogP contribution in [0.4, 0.5) is 9.18 Å². The third-order valence-corrected chi connectivity index (χ3v) is 3.29. The second kappa shape index (κ2) is 6.55. The monoisotopic (exact) mass is 264 g/mol. The highest BCUT2D eigenvalue weighted by molar-refractivity contribution is 5.74. The lowest BCUT2D eigenvalue weighted by molar-refractivity contribution is 0.195. The predicted molar refractivity (Wildman–Crippen MR) is 73.2 cm³/mol. The quantitative estimate of drug-likeness (QED) is 0.841. The SMILES string of the molecule is CCCN(CC1CC1)C(=O)NCc1cccc(F)c1. The third-order valence-electron chi connectivity index (χ3n) is 3.29. The molecule has 0 unspecified atom stereocenters. The fraction of sp³-hybridized carbons (Fsp3) is 0.533. The number of nitrogens with zero attached hydrogens (tertiary/aromatic N) is 1. The predicted octanol–water partition coefficient (Wildman–Crippen LogP) is 3.16. The Bertz CT molecular complexity index is 432. The summed E-state index contributed by atoms with van der Waals surface area (Å²) < 4.78 is 13.0. The van der Waals surface area contributed by atoms with Crippen molar-refractivity contribution in [1.29, 1.82) is 0 Å². The maximum atomic E-state index is 13.0. The number of hydrogen-bond acceptors (Lipinski definition) is 1. The molecule has 1 aliphatic carbocycles. The van der Waals surface area contributed by atoms with Gasteiger partial charge in [-0.15, -0.1) is 0 Å². The molecule has 0 aromatic heterocycles. The van der Waals surface area contributed by atoms with Crippen molar-refractivity contribution in [3.8, 4) is 0 Å². The van der Waals surface area contributed by atoms with Gasteiger partial charge in [0.25, 0.3) is 0 Å². The lowest BCUT2D eigenvalue weighted by atomic mass is 10.2. The average molecular weight is 264 g/mol. The molecule has 0 atom stereocenters. The highest BCUT2D eigenvalue weighted by Crippen LogP contribution is 2.29. The van der Waals surface area contributed by atoms with E-state index in [0.29, 0.717) is 12.5 Å². The Balaban J connectivity index is 1.83. The van der Waals surface area contributed by atoms with Crippen molar-refractivity contribution in [3.05, 3.63) is 35.6 Å². The van der Waals surface area contributed by atoms with E-state index >= 15 is 0 Å². The van der Waals surface area contributed by atoms with Crippen LogP contribution in [0.2, 0.25) is 0 Å². The van der Waals surface area contributed by atoms with Crippen LogP contribution < -0.4 is 5.32 Å². The molecule has 4 heteroatoms. The van der Waals surface area contributed by atoms with Crippen molar-refractivity contribution < 1.29 is 9.18 Å². The van der Waals surface area contributed by atoms with Gasteiger partial charge in [0.1, 0.15) is 5.82 Å². The molecule has 1 aliphatic rings. The Labute approximate surface area is 113 Å². The lowest BCUT2D eigenvalue weighted by Gasteiger charge is -2.22. The van der Waals surface area contributed by atoms with Crippen molar-refractivity contribution in [2.75, 3.05) is 13.1 Å². The molecule has 2 rings (SSSR count). The number of carbonyl (C=O) groups excluding carboxylic acids is 1. The van der Waals surface area contributed by atoms with E-state index in [1.54, 1.807) is 6.07 Å². The topological polar surface area (TPSA) is 32.3 Å². The van der Waals surface area contributed by atoms with Crippen molar-refractivity contribution >= 4 is 6.03 Å². The molecule has 19 heavy (non-hydrogen) atoms. The minimum Gasteiger partial charge on any atom is -0.334 e. The average Bonchev–Trinajstić information content (AvgIpc) is 3.19. The van der Waals surface area contributed by atoms with Crippen molar-refractivity contribution in [2.45, 2.75) is 32.7 Å². The summed E-state index contributed by atoms with van der Waals surface area (Å²) in [6, 6.07) is 6.28. The first-order valence-corrected chi connectivity index (χ1v) is 6.96. The number of amides is 2. The third kappa shape index (κ3) is 4.54. The number of halogens is 1. The zero-order valence-corrected chi connectivity index (χ0v) is 11.4. The number of carbonyl (C=O) groups is 1. The van der Waals surface area contributed by atoms with E-state index in [1.165, 1.54) is 25.0 Å². The molecule has 0 spiro atoms. The Kier molecular flexibility index (Phi) is 4.77. The summed E-state index contributed by atoms with van der Waals surface area (Å²) in [5.41, 5.74) is 0.788. The standard InChI is InChI=1S/C15H21FN2O/c1-2-8-18(11-12-6-7-12)15(19)17-10-13-4-3-5-14(16)9-13/h3-5,9,12H,2,6-8,10-11H2,1H3,(H,17,19). The maximum Gasteiger partial charge on any atom is 0.317 e. The fourth-order valence-corrected chi connectivity index (χ4v) is 2.09. The summed E-state index contributed by atoms with van der Waals surface area (Å²) in [5, 5.41) is 2.86. The Morgan fingerprint density at radius 2 is 2.26 bits per heavy atom. The Morgan fingerprint density at radius 1 is 1.47 bits per heavy atom. The molecular weight excluding hydrogens is 243 g/mol. The van der Waals surface area contributed by atoms with E-state index in [1.807, 2.05) is 11.0 Å². The molecule has 104 valence electrons. The van der Waals surface area contributed by atoms with Gasteiger partial charge in [-0.05, 0) is 42.9 Å². The van der Waals surface area contributed by atoms with E-state index in [2.05, 4.69) is 12.2 Å². The Hall–Kier alpha value is -1.58. The maximum absolute atomic E-state index is 13.0. The number of rotatable bonds is 6. The molecule has 0 saturated heterocycles. The zero-order valence-electron chi connectivity index (χ0n) is 11.4. The molecule has 3 nitrogen and oxygen atoms in total. The van der Waals surface area contributed by atoms with Gasteiger partial charge in [-0.25, -0.2) is 9.18 Å². The van der Waals surface area contributed by atoms with E-state index < -0.39 is 0 Å². The summed E-state index contributed by atoms with van der Waals surface area (Å²) in [7, 11) is 0. The van der Waals surface area contributed by atoms with Crippen molar-refractivity contribution in [3.63, 3.8) is 0 Å². The summed E-state index contributed by atoms with van der Waals surface area (Å²) in [5.74, 6) is 0.418. The van der Waals surface area contributed by atoms with Gasteiger partial charge in [0.2, 0.25) is 0 Å². The van der Waals surface area contributed by atoms with Crippen molar-refractivity contribution in [1.82, 2.24) is 10.2 Å². The van der Waals surface area contributed by atoms with Gasteiger partial charge in [-0.3, -0.25) is 0 Å². The summed E-state index contributed by atoms with van der Waals surface area (Å²) >= 11 is 0. The molecule has 2 amide bonds. The molecule has 1 aromatic rings. The first kappa shape index (κ1) is 13.8. The van der Waals surface area contributed by atoms with E-state index in [4.69, 9.17) is 0 Å². The van der Waals surface area contributed by atoms with Crippen LogP contribution in [0.3, 0.4) is 0 Å². The molecule has 0 bridgehead atoms.